The van der Waals surface area contributed by atoms with E-state index in [0.717, 1.165) is 11.3 Å². The van der Waals surface area contributed by atoms with Crippen LogP contribution < -0.4 is 4.90 Å². The molecule has 1 aliphatic heterocycles. The van der Waals surface area contributed by atoms with Crippen LogP contribution in [0.15, 0.2) is 71.6 Å². The van der Waals surface area contributed by atoms with Gasteiger partial charge in [-0.3, -0.25) is 4.79 Å². The van der Waals surface area contributed by atoms with Crippen LogP contribution in [0, 0.1) is 12.3 Å². The zero-order valence-electron chi connectivity index (χ0n) is 14.4. The first kappa shape index (κ1) is 17.4. The highest BCUT2D eigenvalue weighted by Gasteiger charge is 2.46. The summed E-state index contributed by atoms with van der Waals surface area (Å²) in [4.78, 5) is 14.5. The van der Waals surface area contributed by atoms with Crippen molar-refractivity contribution in [3.8, 4) is 0 Å². The first-order chi connectivity index (χ1) is 11.7. The van der Waals surface area contributed by atoms with Gasteiger partial charge in [0.05, 0.1) is 10.6 Å². The summed E-state index contributed by atoms with van der Waals surface area (Å²) in [6.45, 7) is 7.91. The summed E-state index contributed by atoms with van der Waals surface area (Å²) in [6.07, 6.45) is 0. The summed E-state index contributed by atoms with van der Waals surface area (Å²) < 4.78 is 25.7. The highest BCUT2D eigenvalue weighted by Crippen LogP contribution is 2.39. The number of anilines is 1. The number of hydrogen-bond acceptors (Lipinski definition) is 3. The molecule has 0 spiro atoms. The van der Waals surface area contributed by atoms with Crippen molar-refractivity contribution in [3.05, 3.63) is 72.3 Å². The largest absolute Gasteiger partial charge is 0.308 e. The van der Waals surface area contributed by atoms with E-state index in [1.54, 1.807) is 36.1 Å². The average Bonchev–Trinajstić information content (AvgIpc) is 2.80. The molecule has 2 aromatic carbocycles. The Morgan fingerprint density at radius 2 is 1.68 bits per heavy atom. The van der Waals surface area contributed by atoms with Crippen LogP contribution >= 0.6 is 0 Å². The fourth-order valence-corrected chi connectivity index (χ4v) is 4.96. The fraction of sp³-hybridized carbons (Fsp3) is 0.250. The lowest BCUT2D eigenvalue weighted by Gasteiger charge is -2.24. The molecule has 5 heteroatoms. The standard InChI is InChI=1S/C20H21NO3S/c1-15-9-11-18(12-10-15)25(23,24)14-20(3)13-21(19(22)16(20)2)17-7-5-4-6-8-17/h4-12H,2,13-14H2,1,3H3. The maximum absolute atomic E-state index is 12.8. The summed E-state index contributed by atoms with van der Waals surface area (Å²) in [5.41, 5.74) is 1.27. The molecule has 1 saturated heterocycles. The van der Waals surface area contributed by atoms with E-state index in [2.05, 4.69) is 6.58 Å². The van der Waals surface area contributed by atoms with Gasteiger partial charge in [-0.05, 0) is 31.2 Å². The minimum Gasteiger partial charge on any atom is -0.308 e. The van der Waals surface area contributed by atoms with E-state index < -0.39 is 15.3 Å². The normalized spacial score (nSPS) is 21.0. The minimum absolute atomic E-state index is 0.142. The molecule has 1 heterocycles. The molecule has 3 rings (SSSR count). The van der Waals surface area contributed by atoms with E-state index in [1.807, 2.05) is 37.3 Å². The number of amides is 1. The Hall–Kier alpha value is -2.40. The molecule has 1 atom stereocenters. The molecule has 1 aliphatic rings. The van der Waals surface area contributed by atoms with Gasteiger partial charge in [-0.2, -0.15) is 0 Å². The van der Waals surface area contributed by atoms with Crippen molar-refractivity contribution in [2.75, 3.05) is 17.2 Å². The van der Waals surface area contributed by atoms with Gasteiger partial charge in [0.1, 0.15) is 0 Å². The molecular weight excluding hydrogens is 334 g/mol. The number of carbonyl (C=O) groups excluding carboxylic acids is 1. The van der Waals surface area contributed by atoms with E-state index in [9.17, 15) is 13.2 Å². The van der Waals surface area contributed by atoms with Crippen LogP contribution in [0.2, 0.25) is 0 Å². The number of nitrogens with zero attached hydrogens (tertiary/aromatic N) is 1. The summed E-state index contributed by atoms with van der Waals surface area (Å²) in [7, 11) is -3.52. The lowest BCUT2D eigenvalue weighted by Crippen LogP contribution is -2.32. The summed E-state index contributed by atoms with van der Waals surface area (Å²) in [6, 6.07) is 16.0. The number of carbonyl (C=O) groups is 1. The molecule has 1 amide bonds. The maximum Gasteiger partial charge on any atom is 0.254 e. The van der Waals surface area contributed by atoms with Crippen LogP contribution in [-0.2, 0) is 14.6 Å². The van der Waals surface area contributed by atoms with Gasteiger partial charge in [0, 0.05) is 23.2 Å². The van der Waals surface area contributed by atoms with Gasteiger partial charge >= 0.3 is 0 Å². The Labute approximate surface area is 148 Å². The Bertz CT molecular complexity index is 917. The van der Waals surface area contributed by atoms with Crippen molar-refractivity contribution in [2.45, 2.75) is 18.7 Å². The lowest BCUT2D eigenvalue weighted by molar-refractivity contribution is -0.114. The molecule has 4 nitrogen and oxygen atoms in total. The van der Waals surface area contributed by atoms with Crippen LogP contribution in [0.5, 0.6) is 0 Å². The van der Waals surface area contributed by atoms with Crippen molar-refractivity contribution in [1.29, 1.82) is 0 Å². The van der Waals surface area contributed by atoms with Crippen LogP contribution in [0.3, 0.4) is 0 Å². The number of hydrogen-bond donors (Lipinski definition) is 0. The van der Waals surface area contributed by atoms with Gasteiger partial charge in [-0.15, -0.1) is 0 Å². The number of sulfone groups is 1. The van der Waals surface area contributed by atoms with Gasteiger partial charge in [0.2, 0.25) is 0 Å². The van der Waals surface area contributed by atoms with Gasteiger partial charge < -0.3 is 4.90 Å². The minimum atomic E-state index is -3.52. The smallest absolute Gasteiger partial charge is 0.254 e. The van der Waals surface area contributed by atoms with Crippen molar-refractivity contribution >= 4 is 21.4 Å². The third kappa shape index (κ3) is 3.24. The van der Waals surface area contributed by atoms with Crippen molar-refractivity contribution in [1.82, 2.24) is 0 Å². The topological polar surface area (TPSA) is 54.5 Å². The van der Waals surface area contributed by atoms with Crippen molar-refractivity contribution in [2.24, 2.45) is 5.41 Å². The molecular formula is C20H21NO3S. The summed E-state index contributed by atoms with van der Waals surface area (Å²) >= 11 is 0. The third-order valence-corrected chi connectivity index (χ3v) is 6.70. The predicted molar refractivity (Wildman–Crippen MR) is 99.3 cm³/mol. The van der Waals surface area contributed by atoms with Crippen molar-refractivity contribution < 1.29 is 13.2 Å². The fourth-order valence-electron chi connectivity index (χ4n) is 3.13. The van der Waals surface area contributed by atoms with Crippen LogP contribution in [-0.4, -0.2) is 26.6 Å². The Morgan fingerprint density at radius 3 is 2.28 bits per heavy atom. The molecule has 0 aromatic heterocycles. The highest BCUT2D eigenvalue weighted by atomic mass is 32.2. The second kappa shape index (κ2) is 6.15. The van der Waals surface area contributed by atoms with Crippen molar-refractivity contribution in [3.63, 3.8) is 0 Å². The Balaban J connectivity index is 1.90. The zero-order valence-corrected chi connectivity index (χ0v) is 15.2. The molecule has 0 radical (unpaired) electrons. The van der Waals surface area contributed by atoms with E-state index in [-0.39, 0.29) is 16.6 Å². The summed E-state index contributed by atoms with van der Waals surface area (Å²) in [5, 5.41) is 0. The molecule has 130 valence electrons. The van der Waals surface area contributed by atoms with E-state index in [1.165, 1.54) is 0 Å². The second-order valence-corrected chi connectivity index (χ2v) is 8.83. The lowest BCUT2D eigenvalue weighted by atomic mass is 9.88. The monoisotopic (exact) mass is 355 g/mol. The van der Waals surface area contributed by atoms with Crippen LogP contribution in [0.25, 0.3) is 0 Å². The quantitative estimate of drug-likeness (QED) is 0.790. The Morgan fingerprint density at radius 1 is 1.08 bits per heavy atom. The maximum atomic E-state index is 12.8. The first-order valence-electron chi connectivity index (χ1n) is 8.09. The average molecular weight is 355 g/mol. The number of rotatable bonds is 4. The van der Waals surface area contributed by atoms with Crippen LogP contribution in [0.4, 0.5) is 5.69 Å². The molecule has 25 heavy (non-hydrogen) atoms. The Kier molecular flexibility index (Phi) is 4.29. The first-order valence-corrected chi connectivity index (χ1v) is 9.74. The van der Waals surface area contributed by atoms with Crippen LogP contribution in [0.1, 0.15) is 12.5 Å². The number of para-hydroxylation sites is 1. The molecule has 1 fully saturated rings. The molecule has 0 N–H and O–H groups in total. The third-order valence-electron chi connectivity index (χ3n) is 4.70. The highest BCUT2D eigenvalue weighted by molar-refractivity contribution is 7.91. The second-order valence-electron chi connectivity index (χ2n) is 6.84. The van der Waals surface area contributed by atoms with E-state index in [0.29, 0.717) is 12.1 Å². The van der Waals surface area contributed by atoms with E-state index in [4.69, 9.17) is 0 Å². The molecule has 2 aromatic rings. The zero-order chi connectivity index (χ0) is 18.2. The predicted octanol–water partition coefficient (Wildman–Crippen LogP) is 3.38. The van der Waals surface area contributed by atoms with Gasteiger partial charge in [-0.1, -0.05) is 49.4 Å². The van der Waals surface area contributed by atoms with Gasteiger partial charge in [-0.25, -0.2) is 8.42 Å². The molecule has 0 aliphatic carbocycles. The molecule has 1 unspecified atom stereocenters. The SMILES string of the molecule is C=C1C(=O)N(c2ccccc2)CC1(C)CS(=O)(=O)c1ccc(C)cc1. The molecule has 0 bridgehead atoms. The van der Waals surface area contributed by atoms with E-state index >= 15 is 0 Å². The van der Waals surface area contributed by atoms with Gasteiger partial charge in [0.25, 0.3) is 5.91 Å². The number of benzene rings is 2. The van der Waals surface area contributed by atoms with Gasteiger partial charge in [0.15, 0.2) is 9.84 Å². The molecule has 0 saturated carbocycles. The summed E-state index contributed by atoms with van der Waals surface area (Å²) in [5.74, 6) is -0.357. The number of aryl methyl sites for hydroxylation is 1.